The molecule has 1 aromatic rings. The Morgan fingerprint density at radius 2 is 1.82 bits per heavy atom. The largest absolute Gasteiger partial charge is 0.551 e. The predicted octanol–water partition coefficient (Wildman–Crippen LogP) is 1.40. The molecule has 0 aliphatic carbocycles. The van der Waals surface area contributed by atoms with Crippen molar-refractivity contribution in [3.05, 3.63) is 18.2 Å². The van der Waals surface area contributed by atoms with Crippen LogP contribution in [0.3, 0.4) is 0 Å². The van der Waals surface area contributed by atoms with E-state index in [1.807, 2.05) is 39.3 Å². The van der Waals surface area contributed by atoms with Gasteiger partial charge in [0.2, 0.25) is 0 Å². The molecule has 2 heterocycles. The van der Waals surface area contributed by atoms with Gasteiger partial charge >= 0.3 is 7.12 Å². The molecule has 1 fully saturated rings. The summed E-state index contributed by atoms with van der Waals surface area (Å²) in [6.45, 7) is 8.05. The first-order valence-corrected chi connectivity index (χ1v) is 5.65. The maximum absolute atomic E-state index is 5.78. The van der Waals surface area contributed by atoms with Gasteiger partial charge in [0.25, 0.3) is 0 Å². The normalized spacial score (nSPS) is 21.1. The molecular formula is C12H17BN2O2. The van der Waals surface area contributed by atoms with Crippen molar-refractivity contribution in [2.45, 2.75) is 38.9 Å². The summed E-state index contributed by atoms with van der Waals surface area (Å²) in [6.07, 6.45) is 3.44. The summed E-state index contributed by atoms with van der Waals surface area (Å²) in [6, 6.07) is 0. The fourth-order valence-corrected chi connectivity index (χ4v) is 1.51. The van der Waals surface area contributed by atoms with Gasteiger partial charge < -0.3 is 13.9 Å². The highest BCUT2D eigenvalue weighted by molar-refractivity contribution is 6.55. The van der Waals surface area contributed by atoms with Crippen LogP contribution in [-0.2, 0) is 16.4 Å². The maximum Gasteiger partial charge on any atom is 0.551 e. The van der Waals surface area contributed by atoms with Gasteiger partial charge in [0.15, 0.2) is 0 Å². The van der Waals surface area contributed by atoms with Crippen LogP contribution in [0.1, 0.15) is 33.4 Å². The molecule has 2 rings (SSSR count). The van der Waals surface area contributed by atoms with E-state index in [-0.39, 0.29) is 11.2 Å². The molecule has 90 valence electrons. The first-order valence-electron chi connectivity index (χ1n) is 5.65. The zero-order valence-electron chi connectivity index (χ0n) is 10.9. The smallest absolute Gasteiger partial charge is 0.392 e. The monoisotopic (exact) mass is 232 g/mol. The van der Waals surface area contributed by atoms with Crippen molar-refractivity contribution in [2.75, 3.05) is 0 Å². The lowest BCUT2D eigenvalue weighted by Crippen LogP contribution is -2.41. The highest BCUT2D eigenvalue weighted by atomic mass is 16.7. The molecule has 0 spiro atoms. The topological polar surface area (TPSA) is 36.3 Å². The van der Waals surface area contributed by atoms with Crippen molar-refractivity contribution in [1.29, 1.82) is 0 Å². The average molecular weight is 232 g/mol. The van der Waals surface area contributed by atoms with Crippen LogP contribution in [0, 0.1) is 11.7 Å². The van der Waals surface area contributed by atoms with Crippen LogP contribution in [0.5, 0.6) is 0 Å². The van der Waals surface area contributed by atoms with E-state index in [4.69, 9.17) is 9.31 Å². The Kier molecular flexibility index (Phi) is 2.80. The van der Waals surface area contributed by atoms with Gasteiger partial charge in [0, 0.05) is 7.05 Å². The molecule has 1 aliphatic heterocycles. The van der Waals surface area contributed by atoms with Crippen LogP contribution < -0.4 is 0 Å². The van der Waals surface area contributed by atoms with Crippen LogP contribution in [-0.4, -0.2) is 27.9 Å². The standard InChI is InChI=1S/C12H17BN2O2/c1-11(2)12(3,4)17-13(16-11)7-6-10-8-14-9-15(10)5/h8-9H,1-5H3. The molecule has 1 aromatic heterocycles. The average Bonchev–Trinajstić information content (AvgIpc) is 2.66. The lowest BCUT2D eigenvalue weighted by molar-refractivity contribution is 0.00578. The fraction of sp³-hybridized carbons (Fsp3) is 0.583. The number of hydrogen-bond acceptors (Lipinski definition) is 3. The number of nitrogens with zero attached hydrogens (tertiary/aromatic N) is 2. The first kappa shape index (κ1) is 12.2. The van der Waals surface area contributed by atoms with Gasteiger partial charge in [-0.3, -0.25) is 0 Å². The van der Waals surface area contributed by atoms with Crippen LogP contribution in [0.4, 0.5) is 0 Å². The minimum absolute atomic E-state index is 0.335. The van der Waals surface area contributed by atoms with Gasteiger partial charge in [-0.2, -0.15) is 0 Å². The minimum Gasteiger partial charge on any atom is -0.392 e. The van der Waals surface area contributed by atoms with E-state index in [9.17, 15) is 0 Å². The van der Waals surface area contributed by atoms with Gasteiger partial charge in [-0.1, -0.05) is 11.7 Å². The Morgan fingerprint density at radius 1 is 1.24 bits per heavy atom. The molecule has 0 N–H and O–H groups in total. The molecule has 1 aliphatic rings. The Balaban J connectivity index is 2.14. The summed E-state index contributed by atoms with van der Waals surface area (Å²) in [5, 5.41) is 0. The number of aryl methyl sites for hydroxylation is 1. The third-order valence-electron chi connectivity index (χ3n) is 3.39. The summed E-state index contributed by atoms with van der Waals surface area (Å²) >= 11 is 0. The summed E-state index contributed by atoms with van der Waals surface area (Å²) in [7, 11) is 1.43. The van der Waals surface area contributed by atoms with Gasteiger partial charge in [-0.05, 0) is 27.7 Å². The fourth-order valence-electron chi connectivity index (χ4n) is 1.51. The van der Waals surface area contributed by atoms with Gasteiger partial charge in [-0.15, -0.1) is 0 Å². The van der Waals surface area contributed by atoms with E-state index in [0.29, 0.717) is 0 Å². The maximum atomic E-state index is 5.78. The number of hydrogen-bond donors (Lipinski definition) is 0. The SMILES string of the molecule is Cn1cncc1C#CB1OC(C)(C)C(C)(C)O1. The predicted molar refractivity (Wildman–Crippen MR) is 66.2 cm³/mol. The molecule has 0 unspecified atom stereocenters. The molecular weight excluding hydrogens is 215 g/mol. The van der Waals surface area contributed by atoms with E-state index < -0.39 is 7.12 Å². The van der Waals surface area contributed by atoms with Crippen molar-refractivity contribution in [3.8, 4) is 11.7 Å². The summed E-state index contributed by atoms with van der Waals surface area (Å²) < 4.78 is 13.4. The summed E-state index contributed by atoms with van der Waals surface area (Å²) in [4.78, 5) is 4.00. The van der Waals surface area contributed by atoms with Crippen molar-refractivity contribution < 1.29 is 9.31 Å². The molecule has 4 nitrogen and oxygen atoms in total. The van der Waals surface area contributed by atoms with Crippen LogP contribution >= 0.6 is 0 Å². The number of imidazole rings is 1. The first-order chi connectivity index (χ1) is 7.82. The van der Waals surface area contributed by atoms with E-state index in [1.165, 1.54) is 0 Å². The molecule has 17 heavy (non-hydrogen) atoms. The highest BCUT2D eigenvalue weighted by Crippen LogP contribution is 2.36. The lowest BCUT2D eigenvalue weighted by Gasteiger charge is -2.32. The van der Waals surface area contributed by atoms with Gasteiger partial charge in [0.05, 0.1) is 23.7 Å². The Hall–Kier alpha value is -1.25. The molecule has 5 heteroatoms. The molecule has 0 atom stereocenters. The highest BCUT2D eigenvalue weighted by Gasteiger charge is 2.50. The van der Waals surface area contributed by atoms with Crippen molar-refractivity contribution in [1.82, 2.24) is 9.55 Å². The zero-order chi connectivity index (χ0) is 12.7. The van der Waals surface area contributed by atoms with Crippen molar-refractivity contribution in [3.63, 3.8) is 0 Å². The minimum atomic E-state index is -0.477. The number of rotatable bonds is 0. The molecule has 0 aromatic carbocycles. The quantitative estimate of drug-likeness (QED) is 0.501. The molecule has 0 amide bonds. The summed E-state index contributed by atoms with van der Waals surface area (Å²) in [5.41, 5.74) is 0.178. The Bertz CT molecular complexity index is 466. The lowest BCUT2D eigenvalue weighted by atomic mass is 9.90. The van der Waals surface area contributed by atoms with E-state index in [1.54, 1.807) is 12.5 Å². The second-order valence-electron chi connectivity index (χ2n) is 5.25. The van der Waals surface area contributed by atoms with E-state index in [2.05, 4.69) is 16.7 Å². The second kappa shape index (κ2) is 3.90. The zero-order valence-corrected chi connectivity index (χ0v) is 10.9. The van der Waals surface area contributed by atoms with Gasteiger partial charge in [0.1, 0.15) is 5.69 Å². The summed E-state index contributed by atoms with van der Waals surface area (Å²) in [5.74, 6) is 5.99. The van der Waals surface area contributed by atoms with Crippen LogP contribution in [0.2, 0.25) is 0 Å². The van der Waals surface area contributed by atoms with E-state index >= 15 is 0 Å². The van der Waals surface area contributed by atoms with Crippen LogP contribution in [0.15, 0.2) is 12.5 Å². The second-order valence-corrected chi connectivity index (χ2v) is 5.25. The van der Waals surface area contributed by atoms with Crippen LogP contribution in [0.25, 0.3) is 0 Å². The van der Waals surface area contributed by atoms with Crippen molar-refractivity contribution >= 4 is 7.12 Å². The van der Waals surface area contributed by atoms with Gasteiger partial charge in [-0.25, -0.2) is 4.98 Å². The Labute approximate surface area is 102 Å². The Morgan fingerprint density at radius 3 is 2.29 bits per heavy atom. The molecule has 1 saturated heterocycles. The van der Waals surface area contributed by atoms with Crippen molar-refractivity contribution in [2.24, 2.45) is 7.05 Å². The van der Waals surface area contributed by atoms with E-state index in [0.717, 1.165) is 5.69 Å². The molecule has 0 radical (unpaired) electrons. The number of aromatic nitrogens is 2. The molecule has 0 saturated carbocycles. The molecule has 0 bridgehead atoms. The third-order valence-corrected chi connectivity index (χ3v) is 3.39. The third kappa shape index (κ3) is 2.24.